The second-order valence-corrected chi connectivity index (χ2v) is 6.98. The maximum atomic E-state index is 12.2. The number of hydrogen-bond donors (Lipinski definition) is 0. The normalized spacial score (nSPS) is 17.3. The quantitative estimate of drug-likeness (QED) is 0.833. The number of likely N-dealkylation sites (N-methyl/N-ethyl adjacent to an activating group) is 1. The van der Waals surface area contributed by atoms with Gasteiger partial charge in [-0.15, -0.1) is 0 Å². The Kier molecular flexibility index (Phi) is 3.48. The summed E-state index contributed by atoms with van der Waals surface area (Å²) in [5, 5.41) is 0. The molecule has 1 aromatic rings. The molecule has 0 aromatic heterocycles. The van der Waals surface area contributed by atoms with Crippen molar-refractivity contribution in [2.75, 3.05) is 27.2 Å². The van der Waals surface area contributed by atoms with Crippen molar-refractivity contribution in [3.63, 3.8) is 0 Å². The molecule has 0 N–H and O–H groups in total. The third-order valence-corrected chi connectivity index (χ3v) is 5.22. The second-order valence-electron chi connectivity index (χ2n) is 4.30. The van der Waals surface area contributed by atoms with Crippen molar-refractivity contribution >= 4 is 31.9 Å². The summed E-state index contributed by atoms with van der Waals surface area (Å²) < 4.78 is 25.9. The monoisotopic (exact) mass is 332 g/mol. The predicted molar refractivity (Wildman–Crippen MR) is 70.9 cm³/mol. The van der Waals surface area contributed by atoms with Crippen LogP contribution in [0.25, 0.3) is 0 Å². The highest BCUT2D eigenvalue weighted by molar-refractivity contribution is 9.10. The van der Waals surface area contributed by atoms with Gasteiger partial charge < -0.3 is 4.90 Å². The summed E-state index contributed by atoms with van der Waals surface area (Å²) in [7, 11) is -0.0274. The number of sulfonamides is 1. The molecule has 0 radical (unpaired) electrons. The van der Waals surface area contributed by atoms with Crippen LogP contribution >= 0.6 is 15.9 Å². The molecule has 0 atom stereocenters. The molecule has 1 aliphatic heterocycles. The van der Waals surface area contributed by atoms with Crippen LogP contribution in [0.5, 0.6) is 0 Å². The molecule has 0 saturated heterocycles. The van der Waals surface area contributed by atoms with Gasteiger partial charge in [-0.05, 0) is 42.2 Å². The minimum Gasteiger partial charge on any atom is -0.308 e. The van der Waals surface area contributed by atoms with Crippen LogP contribution < -0.4 is 0 Å². The third-order valence-electron chi connectivity index (χ3n) is 2.73. The first-order chi connectivity index (χ1) is 8.35. The first-order valence-electron chi connectivity index (χ1n) is 5.36. The molecule has 0 unspecified atom stereocenters. The van der Waals surface area contributed by atoms with Crippen molar-refractivity contribution in [3.05, 3.63) is 28.2 Å². The third kappa shape index (κ3) is 2.06. The number of amides is 1. The standard InChI is InChI=1S/C11H13BrN2O3S/c1-13(2)6-7-14-11(15)10-8(12)4-3-5-9(10)18(14,16)17/h3-5H,6-7H2,1-2H3. The molecule has 18 heavy (non-hydrogen) atoms. The molecule has 0 aliphatic carbocycles. The minimum atomic E-state index is -3.69. The van der Waals surface area contributed by atoms with Crippen LogP contribution in [0, 0.1) is 0 Å². The fourth-order valence-corrected chi connectivity index (χ4v) is 4.03. The number of nitrogens with zero attached hydrogens (tertiary/aromatic N) is 2. The summed E-state index contributed by atoms with van der Waals surface area (Å²) in [5.74, 6) is -0.459. The lowest BCUT2D eigenvalue weighted by atomic mass is 10.2. The highest BCUT2D eigenvalue weighted by Gasteiger charge is 2.41. The van der Waals surface area contributed by atoms with Gasteiger partial charge in [-0.25, -0.2) is 12.7 Å². The van der Waals surface area contributed by atoms with Gasteiger partial charge in [0.05, 0.1) is 12.1 Å². The molecule has 1 aromatic carbocycles. The summed E-state index contributed by atoms with van der Waals surface area (Å²) in [4.78, 5) is 14.1. The molecule has 1 aliphatic rings. The van der Waals surface area contributed by atoms with Gasteiger partial charge in [-0.3, -0.25) is 4.79 Å². The SMILES string of the molecule is CN(C)CCN1C(=O)c2c(Br)cccc2S1(=O)=O. The van der Waals surface area contributed by atoms with Gasteiger partial charge >= 0.3 is 0 Å². The van der Waals surface area contributed by atoms with Gasteiger partial charge in [0.2, 0.25) is 0 Å². The number of hydrogen-bond acceptors (Lipinski definition) is 4. The number of carbonyl (C=O) groups is 1. The van der Waals surface area contributed by atoms with E-state index in [4.69, 9.17) is 0 Å². The number of rotatable bonds is 3. The maximum absolute atomic E-state index is 12.2. The molecule has 1 heterocycles. The first-order valence-corrected chi connectivity index (χ1v) is 7.59. The smallest absolute Gasteiger partial charge is 0.270 e. The molecular formula is C11H13BrN2O3S. The van der Waals surface area contributed by atoms with E-state index in [1.807, 2.05) is 19.0 Å². The Morgan fingerprint density at radius 2 is 2.00 bits per heavy atom. The summed E-state index contributed by atoms with van der Waals surface area (Å²) in [5.41, 5.74) is 0.233. The van der Waals surface area contributed by atoms with Crippen LogP contribution in [0.3, 0.4) is 0 Å². The van der Waals surface area contributed by atoms with Gasteiger partial charge in [0.15, 0.2) is 0 Å². The van der Waals surface area contributed by atoms with E-state index < -0.39 is 15.9 Å². The molecule has 0 fully saturated rings. The fraction of sp³-hybridized carbons (Fsp3) is 0.364. The Hall–Kier alpha value is -0.920. The Labute approximate surface area is 115 Å². The van der Waals surface area contributed by atoms with Crippen LogP contribution in [-0.2, 0) is 10.0 Å². The molecule has 1 amide bonds. The Morgan fingerprint density at radius 1 is 1.33 bits per heavy atom. The van der Waals surface area contributed by atoms with E-state index in [-0.39, 0.29) is 17.0 Å². The van der Waals surface area contributed by atoms with E-state index in [1.165, 1.54) is 6.07 Å². The lowest BCUT2D eigenvalue weighted by Crippen LogP contribution is -2.36. The van der Waals surface area contributed by atoms with Crippen LogP contribution in [0.15, 0.2) is 27.6 Å². The Bertz CT molecular complexity index is 598. The van der Waals surface area contributed by atoms with Crippen LogP contribution in [0.1, 0.15) is 10.4 Å². The zero-order valence-electron chi connectivity index (χ0n) is 10.1. The van der Waals surface area contributed by atoms with Crippen molar-refractivity contribution in [3.8, 4) is 0 Å². The van der Waals surface area contributed by atoms with E-state index in [2.05, 4.69) is 15.9 Å². The molecule has 0 saturated carbocycles. The minimum absolute atomic E-state index is 0.0839. The van der Waals surface area contributed by atoms with Crippen molar-refractivity contribution in [1.29, 1.82) is 0 Å². The van der Waals surface area contributed by atoms with Gasteiger partial charge in [0.1, 0.15) is 4.90 Å². The lowest BCUT2D eigenvalue weighted by Gasteiger charge is -2.17. The molecule has 98 valence electrons. The second kappa shape index (κ2) is 4.64. The summed E-state index contributed by atoms with van der Waals surface area (Å²) in [6.07, 6.45) is 0. The average Bonchev–Trinajstić information content (AvgIpc) is 2.46. The number of fused-ring (bicyclic) bond motifs is 1. The first kappa shape index (κ1) is 13.5. The maximum Gasteiger partial charge on any atom is 0.270 e. The molecule has 7 heteroatoms. The van der Waals surface area contributed by atoms with E-state index in [9.17, 15) is 13.2 Å². The number of halogens is 1. The molecule has 0 bridgehead atoms. The average molecular weight is 333 g/mol. The molecule has 5 nitrogen and oxygen atoms in total. The molecular weight excluding hydrogens is 320 g/mol. The lowest BCUT2D eigenvalue weighted by molar-refractivity contribution is 0.0864. The Morgan fingerprint density at radius 3 is 2.56 bits per heavy atom. The van der Waals surface area contributed by atoms with Crippen molar-refractivity contribution in [2.24, 2.45) is 0 Å². The highest BCUT2D eigenvalue weighted by atomic mass is 79.9. The zero-order chi connectivity index (χ0) is 13.5. The fourth-order valence-electron chi connectivity index (χ4n) is 1.79. The highest BCUT2D eigenvalue weighted by Crippen LogP contribution is 2.34. The van der Waals surface area contributed by atoms with E-state index in [1.54, 1.807) is 12.1 Å². The van der Waals surface area contributed by atoms with Gasteiger partial charge in [-0.1, -0.05) is 6.07 Å². The van der Waals surface area contributed by atoms with Crippen LogP contribution in [-0.4, -0.2) is 50.7 Å². The predicted octanol–water partition coefficient (Wildman–Crippen LogP) is 1.16. The van der Waals surface area contributed by atoms with Gasteiger partial charge in [0, 0.05) is 11.0 Å². The van der Waals surface area contributed by atoms with E-state index >= 15 is 0 Å². The van der Waals surface area contributed by atoms with Crippen molar-refractivity contribution in [1.82, 2.24) is 9.21 Å². The largest absolute Gasteiger partial charge is 0.308 e. The van der Waals surface area contributed by atoms with Crippen LogP contribution in [0.4, 0.5) is 0 Å². The molecule has 2 rings (SSSR count). The molecule has 0 spiro atoms. The van der Waals surface area contributed by atoms with Crippen LogP contribution in [0.2, 0.25) is 0 Å². The summed E-state index contributed by atoms with van der Waals surface area (Å²) in [6.45, 7) is 0.659. The number of carbonyl (C=O) groups excluding carboxylic acids is 1. The van der Waals surface area contributed by atoms with Crippen molar-refractivity contribution < 1.29 is 13.2 Å². The van der Waals surface area contributed by atoms with E-state index in [0.29, 0.717) is 11.0 Å². The van der Waals surface area contributed by atoms with Crippen molar-refractivity contribution in [2.45, 2.75) is 4.90 Å². The number of benzene rings is 1. The summed E-state index contributed by atoms with van der Waals surface area (Å²) >= 11 is 3.22. The van der Waals surface area contributed by atoms with Gasteiger partial charge in [-0.2, -0.15) is 0 Å². The van der Waals surface area contributed by atoms with Gasteiger partial charge in [0.25, 0.3) is 15.9 Å². The Balaban J connectivity index is 2.45. The topological polar surface area (TPSA) is 57.7 Å². The zero-order valence-corrected chi connectivity index (χ0v) is 12.5. The van der Waals surface area contributed by atoms with E-state index in [0.717, 1.165) is 4.31 Å². The summed E-state index contributed by atoms with van der Waals surface area (Å²) in [6, 6.07) is 4.74.